The molecule has 44 valence electrons. The maximum atomic E-state index is 5.66. The number of hydrogen-bond acceptors (Lipinski definition) is 0. The van der Waals surface area contributed by atoms with Crippen LogP contribution in [0.2, 0.25) is 0 Å². The van der Waals surface area contributed by atoms with E-state index in [0.29, 0.717) is 0 Å². The standard InChI is InChI=1S/C5H3Cl2I/c6-4-2-1-3-5(7)8-4/h1-3H. The van der Waals surface area contributed by atoms with Crippen molar-refractivity contribution in [2.45, 2.75) is 0 Å². The molecule has 0 aliphatic carbocycles. The maximum Gasteiger partial charge on any atom is 0.0748 e. The molecule has 0 unspecified atom stereocenters. The molecule has 0 saturated heterocycles. The Morgan fingerprint density at radius 3 is 2.50 bits per heavy atom. The summed E-state index contributed by atoms with van der Waals surface area (Å²) in [6.07, 6.45) is 5.65. The molecule has 0 radical (unpaired) electrons. The fourth-order valence-electron chi connectivity index (χ4n) is 0.343. The molecule has 0 atom stereocenters. The van der Waals surface area contributed by atoms with Crippen molar-refractivity contribution >= 4 is 46.9 Å². The predicted octanol–water partition coefficient (Wildman–Crippen LogP) is 2.98. The van der Waals surface area contributed by atoms with Crippen molar-refractivity contribution in [2.24, 2.45) is 0 Å². The van der Waals surface area contributed by atoms with E-state index in [2.05, 4.69) is 0 Å². The van der Waals surface area contributed by atoms with Crippen LogP contribution in [0, 0.1) is 0 Å². The van der Waals surface area contributed by atoms with Crippen molar-refractivity contribution in [1.82, 2.24) is 0 Å². The molecule has 0 aromatic carbocycles. The Hall–Kier alpha value is 0.660. The average molecular weight is 261 g/mol. The Balaban J connectivity index is 2.89. The second-order valence-corrected chi connectivity index (χ2v) is 6.15. The van der Waals surface area contributed by atoms with Gasteiger partial charge >= 0.3 is 0 Å². The van der Waals surface area contributed by atoms with E-state index in [1.165, 1.54) is 0 Å². The lowest BCUT2D eigenvalue weighted by Crippen LogP contribution is -1.74. The largest absolute Gasteiger partial charge is 0.0776 e. The Labute approximate surface area is 67.9 Å². The highest BCUT2D eigenvalue weighted by Crippen LogP contribution is 2.25. The van der Waals surface area contributed by atoms with E-state index in [1.54, 1.807) is 0 Å². The topological polar surface area (TPSA) is 0 Å². The summed E-state index contributed by atoms with van der Waals surface area (Å²) in [5, 5.41) is 0. The van der Waals surface area contributed by atoms with Gasteiger partial charge in [0.15, 0.2) is 0 Å². The second kappa shape index (κ2) is 2.99. The van der Waals surface area contributed by atoms with Gasteiger partial charge in [0.05, 0.1) is 6.01 Å². The van der Waals surface area contributed by atoms with Crippen molar-refractivity contribution in [3.8, 4) is 0 Å². The van der Waals surface area contributed by atoms with Crippen molar-refractivity contribution in [3.63, 3.8) is 0 Å². The number of rotatable bonds is 0. The van der Waals surface area contributed by atoms with Crippen LogP contribution in [0.15, 0.2) is 21.3 Å². The van der Waals surface area contributed by atoms with Crippen molar-refractivity contribution in [3.05, 3.63) is 21.3 Å². The summed E-state index contributed by atoms with van der Waals surface area (Å²) >= 11 is 11.1. The van der Waals surface area contributed by atoms with Crippen molar-refractivity contribution in [2.75, 3.05) is 0 Å². The zero-order chi connectivity index (χ0) is 5.98. The minimum Gasteiger partial charge on any atom is -0.0776 e. The van der Waals surface area contributed by atoms with Crippen LogP contribution in [-0.2, 0) is 0 Å². The first-order valence-corrected chi connectivity index (χ1v) is 4.91. The molecule has 0 fully saturated rings. The van der Waals surface area contributed by atoms with E-state index in [-0.39, 0.29) is 20.7 Å². The van der Waals surface area contributed by atoms with E-state index in [0.717, 1.165) is 6.01 Å². The normalized spacial score (nSPS) is 18.8. The number of halogens is 3. The molecule has 0 N–H and O–H groups in total. The third kappa shape index (κ3) is 1.88. The summed E-state index contributed by atoms with van der Waals surface area (Å²) in [7, 11) is 0. The second-order valence-electron chi connectivity index (χ2n) is 1.20. The van der Waals surface area contributed by atoms with E-state index >= 15 is 0 Å². The summed E-state index contributed by atoms with van der Waals surface area (Å²) in [5.41, 5.74) is 0. The molecule has 0 amide bonds. The fourth-order valence-corrected chi connectivity index (χ4v) is 3.03. The van der Waals surface area contributed by atoms with Gasteiger partial charge in [-0.25, -0.2) is 0 Å². The minimum absolute atomic E-state index is 0.189. The SMILES string of the molecule is ClC1=CC=CC(Cl)=I1. The van der Waals surface area contributed by atoms with Crippen molar-refractivity contribution < 1.29 is 0 Å². The third-order valence-electron chi connectivity index (χ3n) is 0.625. The molecule has 0 bridgehead atoms. The minimum atomic E-state index is -0.189. The highest BCUT2D eigenvalue weighted by molar-refractivity contribution is 14.2. The lowest BCUT2D eigenvalue weighted by molar-refractivity contribution is 2.05. The lowest BCUT2D eigenvalue weighted by Gasteiger charge is -1.92. The average Bonchev–Trinajstić information content (AvgIpc) is 1.64. The molecule has 0 nitrogen and oxygen atoms in total. The van der Waals surface area contributed by atoms with Gasteiger partial charge in [-0.2, -0.15) is 0 Å². The van der Waals surface area contributed by atoms with Crippen LogP contribution in [0.1, 0.15) is 0 Å². The van der Waals surface area contributed by atoms with Gasteiger partial charge in [-0.05, 0) is 12.2 Å². The summed E-state index contributed by atoms with van der Waals surface area (Å²) in [6.45, 7) is 0. The van der Waals surface area contributed by atoms with Crippen LogP contribution in [0.3, 0.4) is 0 Å². The first-order chi connectivity index (χ1) is 3.79. The van der Waals surface area contributed by atoms with E-state index in [9.17, 15) is 0 Å². The van der Waals surface area contributed by atoms with Crippen molar-refractivity contribution in [1.29, 1.82) is 0 Å². The Bertz CT molecular complexity index is 176. The molecule has 3 heteroatoms. The van der Waals surface area contributed by atoms with Gasteiger partial charge in [-0.1, -0.05) is 50.0 Å². The molecule has 0 aromatic heterocycles. The van der Waals surface area contributed by atoms with Crippen LogP contribution >= 0.6 is 43.9 Å². The van der Waals surface area contributed by atoms with E-state index in [4.69, 9.17) is 23.2 Å². The highest BCUT2D eigenvalue weighted by Gasteiger charge is 1.92. The molecule has 0 aromatic rings. The molecule has 0 saturated carbocycles. The van der Waals surface area contributed by atoms with Gasteiger partial charge in [0, 0.05) is 0 Å². The summed E-state index contributed by atoms with van der Waals surface area (Å²) in [6, 6.07) is 0. The van der Waals surface area contributed by atoms with Gasteiger partial charge < -0.3 is 0 Å². The zero-order valence-corrected chi connectivity index (χ0v) is 7.54. The summed E-state index contributed by atoms with van der Waals surface area (Å²) in [4.78, 5) is 0. The zero-order valence-electron chi connectivity index (χ0n) is 3.87. The van der Waals surface area contributed by atoms with Crippen LogP contribution in [0.25, 0.3) is 0 Å². The number of allylic oxidation sites excluding steroid dienone is 3. The quantitative estimate of drug-likeness (QED) is 0.588. The highest BCUT2D eigenvalue weighted by atomic mass is 127. The molecule has 1 aliphatic heterocycles. The number of hydrogen-bond donors (Lipinski definition) is 0. The molecule has 8 heavy (non-hydrogen) atoms. The summed E-state index contributed by atoms with van der Waals surface area (Å²) < 4.78 is 1.83. The predicted molar refractivity (Wildman–Crippen MR) is 48.0 cm³/mol. The lowest BCUT2D eigenvalue weighted by atomic mass is 10.5. The maximum absolute atomic E-state index is 5.66. The van der Waals surface area contributed by atoms with Crippen LogP contribution in [0.4, 0.5) is 0 Å². The molecular formula is C5H3Cl2I. The molecule has 1 aliphatic rings. The Kier molecular flexibility index (Phi) is 2.53. The van der Waals surface area contributed by atoms with Gasteiger partial charge in [-0.15, -0.1) is 0 Å². The smallest absolute Gasteiger partial charge is 0.0748 e. The fraction of sp³-hybridized carbons (Fsp3) is 0. The molecular weight excluding hydrogens is 258 g/mol. The van der Waals surface area contributed by atoms with Crippen LogP contribution in [-0.4, -0.2) is 2.97 Å². The van der Waals surface area contributed by atoms with Gasteiger partial charge in [0.1, 0.15) is 0 Å². The van der Waals surface area contributed by atoms with Crippen LogP contribution in [0.5, 0.6) is 0 Å². The Morgan fingerprint density at radius 1 is 1.38 bits per heavy atom. The molecule has 0 spiro atoms. The molecule has 1 rings (SSSR count). The van der Waals surface area contributed by atoms with Gasteiger partial charge in [0.25, 0.3) is 0 Å². The third-order valence-corrected chi connectivity index (χ3v) is 3.58. The van der Waals surface area contributed by atoms with Gasteiger partial charge in [0.2, 0.25) is 0 Å². The summed E-state index contributed by atoms with van der Waals surface area (Å²) in [5.74, 6) is 0. The van der Waals surface area contributed by atoms with Crippen LogP contribution < -0.4 is 0 Å². The van der Waals surface area contributed by atoms with E-state index in [1.807, 2.05) is 18.2 Å². The van der Waals surface area contributed by atoms with Gasteiger partial charge in [-0.3, -0.25) is 0 Å². The molecule has 1 heterocycles. The van der Waals surface area contributed by atoms with E-state index < -0.39 is 0 Å². The first-order valence-electron chi connectivity index (χ1n) is 2.00. The Morgan fingerprint density at radius 2 is 2.12 bits per heavy atom. The monoisotopic (exact) mass is 260 g/mol. The first kappa shape index (κ1) is 6.78.